The maximum absolute atomic E-state index is 9.15. The minimum atomic E-state index is -1.40. The molecule has 0 saturated carbocycles. The van der Waals surface area contributed by atoms with Crippen LogP contribution in [0.25, 0.3) is 138 Å². The maximum atomic E-state index is 9.15. The van der Waals surface area contributed by atoms with E-state index >= 15 is 0 Å². The first-order valence-electron chi connectivity index (χ1n) is 38.9. The third-order valence-corrected chi connectivity index (χ3v) is 28.9. The molecule has 22 rings (SSSR count). The molecule has 19 aromatic rings. The van der Waals surface area contributed by atoms with Crippen LogP contribution in [0.15, 0.2) is 359 Å². The van der Waals surface area contributed by atoms with Gasteiger partial charge in [-0.3, -0.25) is 0 Å². The van der Waals surface area contributed by atoms with E-state index in [4.69, 9.17) is 10.0 Å². The van der Waals surface area contributed by atoms with Crippen LogP contribution in [0, 0.1) is 3.57 Å². The first kappa shape index (κ1) is 77.4. The molecule has 0 amide bonds. The Morgan fingerprint density at radius 3 is 0.914 bits per heavy atom. The van der Waals surface area contributed by atoms with Crippen LogP contribution in [0.1, 0.15) is 74.9 Å². The zero-order valence-electron chi connectivity index (χ0n) is 64.6. The molecule has 3 aromatic heterocycles. The Kier molecular flexibility index (Phi) is 21.3. The molecule has 3 aliphatic carbocycles. The number of halogens is 4. The van der Waals surface area contributed by atoms with Crippen molar-refractivity contribution in [2.24, 2.45) is 0 Å². The number of benzene rings is 16. The standard InChI is InChI=1S/2C27H19BrS.C24H19N.C15H12BrI.C12H9BO2S/c2*1-27(2)23-14-17(7-10-19(23)20-11-9-18(28)15-24(20)27)16-8-12-26-22(13-16)21-5-3-4-6-25(21)29-26;1-3-7-19(8-4-1)21-11-15-23(16-12-21)25-24-17-13-22(14-18-24)20-9-5-2-6-10-20;1-15(2)13-7-9(16)3-5-11(13)12-6-4-10(17)8-14(12)15;14-13(15)8-5-6-12-10(7-8)9-3-1-2-4-11(9)16-12/h2*3-15H,1-2H3;1-18,25H;3-8H,1-2H3;1-7,14-15H. The monoisotopic (exact) mass is 1860 g/mol. The van der Waals surface area contributed by atoms with E-state index in [1.807, 2.05) is 59.1 Å². The van der Waals surface area contributed by atoms with Gasteiger partial charge in [0.2, 0.25) is 0 Å². The molecule has 0 aliphatic heterocycles. The summed E-state index contributed by atoms with van der Waals surface area (Å²) in [4.78, 5) is 0. The van der Waals surface area contributed by atoms with Gasteiger partial charge in [0.15, 0.2) is 0 Å². The molecule has 3 heterocycles. The smallest absolute Gasteiger partial charge is 0.423 e. The van der Waals surface area contributed by atoms with Gasteiger partial charge < -0.3 is 15.4 Å². The normalized spacial score (nSPS) is 13.2. The molecule has 0 radical (unpaired) electrons. The van der Waals surface area contributed by atoms with E-state index < -0.39 is 7.12 Å². The van der Waals surface area contributed by atoms with Gasteiger partial charge in [0.1, 0.15) is 0 Å². The summed E-state index contributed by atoms with van der Waals surface area (Å²) in [5, 5.41) is 29.4. The highest BCUT2D eigenvalue weighted by molar-refractivity contribution is 14.1. The predicted octanol–water partition coefficient (Wildman–Crippen LogP) is 31.4. The summed E-state index contributed by atoms with van der Waals surface area (Å²) in [6.07, 6.45) is 0. The second kappa shape index (κ2) is 31.9. The van der Waals surface area contributed by atoms with Crippen molar-refractivity contribution in [2.45, 2.75) is 57.8 Å². The fourth-order valence-corrected chi connectivity index (χ4v) is 21.9. The number of anilines is 2. The number of hydrogen-bond acceptors (Lipinski definition) is 6. The third-order valence-electron chi connectivity index (χ3n) is 23.3. The summed E-state index contributed by atoms with van der Waals surface area (Å²) in [5.74, 6) is 0. The van der Waals surface area contributed by atoms with Crippen LogP contribution in [-0.4, -0.2) is 17.2 Å². The molecule has 116 heavy (non-hydrogen) atoms. The lowest BCUT2D eigenvalue weighted by Gasteiger charge is -2.22. The zero-order valence-corrected chi connectivity index (χ0v) is 74.0. The Morgan fingerprint density at radius 2 is 0.534 bits per heavy atom. The highest BCUT2D eigenvalue weighted by Crippen LogP contribution is 2.54. The number of fused-ring (bicyclic) bond motifs is 18. The largest absolute Gasteiger partial charge is 0.488 e. The molecule has 3 N–H and O–H groups in total. The van der Waals surface area contributed by atoms with Gasteiger partial charge in [0.05, 0.1) is 0 Å². The fraction of sp³-hybridized carbons (Fsp3) is 0.0857. The summed E-state index contributed by atoms with van der Waals surface area (Å²) in [7, 11) is -1.40. The Hall–Kier alpha value is -9.87. The van der Waals surface area contributed by atoms with Crippen LogP contribution in [0.2, 0.25) is 0 Å². The van der Waals surface area contributed by atoms with Gasteiger partial charge in [0.25, 0.3) is 0 Å². The number of thiophene rings is 3. The average Bonchev–Trinajstić information content (AvgIpc) is 1.58. The van der Waals surface area contributed by atoms with Crippen molar-refractivity contribution >= 4 is 189 Å². The number of nitrogens with one attached hydrogen (secondary N) is 1. The van der Waals surface area contributed by atoms with Crippen LogP contribution in [-0.2, 0) is 16.2 Å². The lowest BCUT2D eigenvalue weighted by molar-refractivity contribution is 0.426. The van der Waals surface area contributed by atoms with Crippen molar-refractivity contribution in [1.29, 1.82) is 0 Å². The molecule has 0 fully saturated rings. The molecule has 3 nitrogen and oxygen atoms in total. The number of rotatable bonds is 7. The van der Waals surface area contributed by atoms with Gasteiger partial charge in [-0.2, -0.15) is 0 Å². The molecule has 11 heteroatoms. The predicted molar refractivity (Wildman–Crippen MR) is 521 cm³/mol. The molecule has 0 unspecified atom stereocenters. The quantitative estimate of drug-likeness (QED) is 0.110. The van der Waals surface area contributed by atoms with E-state index in [0.29, 0.717) is 5.46 Å². The highest BCUT2D eigenvalue weighted by Gasteiger charge is 2.38. The van der Waals surface area contributed by atoms with Crippen molar-refractivity contribution in [3.8, 4) is 77.9 Å². The van der Waals surface area contributed by atoms with Crippen molar-refractivity contribution < 1.29 is 10.0 Å². The lowest BCUT2D eigenvalue weighted by Crippen LogP contribution is -2.29. The molecular weight excluding hydrogens is 1780 g/mol. The van der Waals surface area contributed by atoms with Gasteiger partial charge in [-0.1, -0.05) is 302 Å². The SMILES string of the molecule is CC1(C)c2cc(Br)ccc2-c2ccc(-c3ccc4sc5ccccc5c4c3)cc21.CC1(C)c2cc(Br)ccc2-c2ccc(-c3ccc4sc5ccccc5c4c3)cc21.CC1(C)c2cc(Br)ccc2-c2ccc(I)cc21.OB(O)c1ccc2sc3ccccc3c2c1.c1ccc(-c2ccc(Nc3ccc(-c4ccccc4)cc3)cc2)cc1. The second-order valence-electron chi connectivity index (χ2n) is 31.5. The summed E-state index contributed by atoms with van der Waals surface area (Å²) < 4.78 is 12.6. The zero-order chi connectivity index (χ0) is 79.7. The van der Waals surface area contributed by atoms with Crippen LogP contribution in [0.5, 0.6) is 0 Å². The summed E-state index contributed by atoms with van der Waals surface area (Å²) in [6, 6.07) is 124. The van der Waals surface area contributed by atoms with Crippen molar-refractivity contribution in [2.75, 3.05) is 5.32 Å². The van der Waals surface area contributed by atoms with Crippen molar-refractivity contribution in [3.05, 3.63) is 396 Å². The summed E-state index contributed by atoms with van der Waals surface area (Å²) in [5.41, 5.74) is 29.6. The second-order valence-corrected chi connectivity index (χ2v) is 38.8. The minimum absolute atomic E-state index is 0.00361. The summed E-state index contributed by atoms with van der Waals surface area (Å²) >= 11 is 18.7. The van der Waals surface area contributed by atoms with Crippen LogP contribution in [0.4, 0.5) is 11.4 Å². The van der Waals surface area contributed by atoms with E-state index in [9.17, 15) is 0 Å². The van der Waals surface area contributed by atoms with E-state index in [0.717, 1.165) is 30.2 Å². The molecule has 3 aliphatic rings. The fourth-order valence-electron chi connectivity index (χ4n) is 17.1. The first-order valence-corrected chi connectivity index (χ1v) is 44.8. The molecule has 0 atom stereocenters. The molecule has 0 spiro atoms. The van der Waals surface area contributed by atoms with Crippen molar-refractivity contribution in [3.63, 3.8) is 0 Å². The van der Waals surface area contributed by atoms with Crippen LogP contribution >= 0.6 is 104 Å². The van der Waals surface area contributed by atoms with E-state index in [1.54, 1.807) is 17.4 Å². The Morgan fingerprint density at radius 1 is 0.259 bits per heavy atom. The Bertz CT molecular complexity index is 6630. The van der Waals surface area contributed by atoms with Gasteiger partial charge in [-0.25, -0.2) is 0 Å². The van der Waals surface area contributed by atoms with Gasteiger partial charge in [-0.05, 0) is 278 Å². The average molecular weight is 1860 g/mol. The molecular formula is C105H78BBr3INO2S3. The van der Waals surface area contributed by atoms with Gasteiger partial charge in [-0.15, -0.1) is 34.0 Å². The van der Waals surface area contributed by atoms with E-state index in [-0.39, 0.29) is 16.2 Å². The maximum Gasteiger partial charge on any atom is 0.488 e. The van der Waals surface area contributed by atoms with E-state index in [1.165, 1.54) is 170 Å². The topological polar surface area (TPSA) is 52.5 Å². The highest BCUT2D eigenvalue weighted by atomic mass is 127. The molecule has 0 saturated heterocycles. The number of hydrogen-bond donors (Lipinski definition) is 3. The van der Waals surface area contributed by atoms with Gasteiger partial charge in [0, 0.05) is 99.7 Å². The minimum Gasteiger partial charge on any atom is -0.423 e. The Balaban J connectivity index is 0.000000102. The van der Waals surface area contributed by atoms with Crippen LogP contribution in [0.3, 0.4) is 0 Å². The molecule has 0 bridgehead atoms. The van der Waals surface area contributed by atoms with E-state index in [2.05, 4.69) is 421 Å². The van der Waals surface area contributed by atoms with Gasteiger partial charge >= 0.3 is 7.12 Å². The molecule has 564 valence electrons. The van der Waals surface area contributed by atoms with Crippen LogP contribution < -0.4 is 10.8 Å². The van der Waals surface area contributed by atoms with Crippen molar-refractivity contribution in [1.82, 2.24) is 0 Å². The Labute approximate surface area is 728 Å². The molecule has 16 aromatic carbocycles. The summed E-state index contributed by atoms with van der Waals surface area (Å²) in [6.45, 7) is 14.0. The lowest BCUT2D eigenvalue weighted by atomic mass is 9.80. The third kappa shape index (κ3) is 15.0. The first-order chi connectivity index (χ1) is 56.2.